The molecule has 2 aromatic carbocycles. The van der Waals surface area contributed by atoms with Crippen molar-refractivity contribution in [3.8, 4) is 0 Å². The van der Waals surface area contributed by atoms with Gasteiger partial charge in [-0.05, 0) is 87.8 Å². The van der Waals surface area contributed by atoms with Gasteiger partial charge < -0.3 is 0 Å². The van der Waals surface area contributed by atoms with Gasteiger partial charge in [0.05, 0.1) is 26.1 Å². The Morgan fingerprint density at radius 2 is 1.65 bits per heavy atom. The lowest BCUT2D eigenvalue weighted by Gasteiger charge is -2.28. The Bertz CT molecular complexity index is 1360. The fourth-order valence-corrected chi connectivity index (χ4v) is 7.00. The molecule has 4 rings (SSSR count). The summed E-state index contributed by atoms with van der Waals surface area (Å²) in [5.41, 5.74) is 4.55. The van der Waals surface area contributed by atoms with Crippen molar-refractivity contribution in [2.24, 2.45) is 0 Å². The summed E-state index contributed by atoms with van der Waals surface area (Å²) in [7, 11) is -5.06. The maximum Gasteiger partial charge on any atom is 0.268 e. The summed E-state index contributed by atoms with van der Waals surface area (Å²) >= 11 is 0. The van der Waals surface area contributed by atoms with E-state index in [4.69, 9.17) is 0 Å². The van der Waals surface area contributed by atoms with Crippen LogP contribution < -0.4 is 4.72 Å². The third-order valence-corrected chi connectivity index (χ3v) is 9.92. The minimum absolute atomic E-state index is 0.0785. The number of hydrogen-bond donors (Lipinski definition) is 1. The number of rotatable bonds is 4. The summed E-state index contributed by atoms with van der Waals surface area (Å²) in [5.74, 6) is 0. The third kappa shape index (κ3) is 4.50. The summed E-state index contributed by atoms with van der Waals surface area (Å²) < 4.78 is 45.4. The Morgan fingerprint density at radius 1 is 1.00 bits per heavy atom. The molecule has 0 amide bonds. The summed E-state index contributed by atoms with van der Waals surface area (Å²) in [6.45, 7) is 14.3. The maximum atomic E-state index is 13.9. The van der Waals surface area contributed by atoms with Crippen LogP contribution in [-0.4, -0.2) is 21.3 Å². The van der Waals surface area contributed by atoms with Gasteiger partial charge in [0, 0.05) is 17.1 Å². The van der Waals surface area contributed by atoms with Crippen molar-refractivity contribution in [2.75, 3.05) is 0 Å². The molecule has 1 aromatic heterocycles. The van der Waals surface area contributed by atoms with Crippen LogP contribution in [0.15, 0.2) is 47.4 Å². The van der Waals surface area contributed by atoms with Gasteiger partial charge in [-0.3, -0.25) is 0 Å². The zero-order valence-corrected chi connectivity index (χ0v) is 22.9. The van der Waals surface area contributed by atoms with Crippen molar-refractivity contribution < 1.29 is 12.6 Å². The number of aryl methyl sites for hydroxylation is 1. The van der Waals surface area contributed by atoms with Crippen LogP contribution in [0, 0.1) is 6.92 Å². The van der Waals surface area contributed by atoms with Gasteiger partial charge in [-0.1, -0.05) is 44.5 Å². The molecule has 1 heterocycles. The Labute approximate surface area is 206 Å². The number of benzene rings is 2. The fourth-order valence-electron chi connectivity index (χ4n) is 4.56. The predicted molar refractivity (Wildman–Crippen MR) is 141 cm³/mol. The number of nitrogens with one attached hydrogen (secondary N) is 1. The van der Waals surface area contributed by atoms with Crippen LogP contribution in [0.2, 0.25) is 0 Å². The van der Waals surface area contributed by atoms with Crippen molar-refractivity contribution in [1.29, 1.82) is 0 Å². The number of fused-ring (bicyclic) bond motifs is 3. The first-order valence-electron chi connectivity index (χ1n) is 11.9. The van der Waals surface area contributed by atoms with Crippen LogP contribution >= 0.6 is 0 Å². The highest BCUT2D eigenvalue weighted by molar-refractivity contribution is 7.90. The third-order valence-electron chi connectivity index (χ3n) is 6.55. The number of hydrogen-bond acceptors (Lipinski definition) is 3. The van der Waals surface area contributed by atoms with Crippen LogP contribution in [0.1, 0.15) is 82.8 Å². The Kier molecular flexibility index (Phi) is 6.37. The Morgan fingerprint density at radius 3 is 2.24 bits per heavy atom. The van der Waals surface area contributed by atoms with Crippen molar-refractivity contribution in [2.45, 2.75) is 88.8 Å². The molecule has 0 spiro atoms. The van der Waals surface area contributed by atoms with Gasteiger partial charge in [-0.15, -0.1) is 0 Å². The molecule has 5 nitrogen and oxygen atoms in total. The highest BCUT2D eigenvalue weighted by Crippen LogP contribution is 2.41. The quantitative estimate of drug-likeness (QED) is 0.484. The summed E-state index contributed by atoms with van der Waals surface area (Å²) in [6, 6.07) is 13.0. The second-order valence-corrected chi connectivity index (χ2v) is 15.2. The lowest BCUT2D eigenvalue weighted by Crippen LogP contribution is -2.37. The highest BCUT2D eigenvalue weighted by Gasteiger charge is 2.35. The van der Waals surface area contributed by atoms with E-state index in [9.17, 15) is 12.6 Å². The minimum atomic E-state index is -3.80. The van der Waals surface area contributed by atoms with Gasteiger partial charge in [0.15, 0.2) is 0 Å². The van der Waals surface area contributed by atoms with Crippen molar-refractivity contribution in [3.63, 3.8) is 0 Å². The number of aromatic nitrogens is 1. The largest absolute Gasteiger partial charge is 0.268 e. The molecule has 1 aliphatic carbocycles. The Hall–Kier alpha value is -1.96. The summed E-state index contributed by atoms with van der Waals surface area (Å²) in [5, 5.41) is 0.932. The lowest BCUT2D eigenvalue weighted by molar-refractivity contribution is 0.519. The molecule has 7 heteroatoms. The van der Waals surface area contributed by atoms with Gasteiger partial charge in [0.2, 0.25) is 0 Å². The second kappa shape index (κ2) is 8.61. The van der Waals surface area contributed by atoms with Gasteiger partial charge in [0.25, 0.3) is 10.0 Å². The molecular formula is C27H36N2O3S2. The molecule has 0 bridgehead atoms. The smallest absolute Gasteiger partial charge is 0.242 e. The average Bonchev–Trinajstić information content (AvgIpc) is 3.08. The number of nitrogens with zero attached hydrogens (tertiary/aromatic N) is 1. The molecule has 0 saturated heterocycles. The van der Waals surface area contributed by atoms with E-state index < -0.39 is 25.8 Å². The van der Waals surface area contributed by atoms with E-state index in [0.717, 1.165) is 40.6 Å². The molecule has 0 unspecified atom stereocenters. The molecule has 34 heavy (non-hydrogen) atoms. The summed E-state index contributed by atoms with van der Waals surface area (Å²) in [6.07, 6.45) is 2.32. The van der Waals surface area contributed by atoms with Crippen LogP contribution in [0.4, 0.5) is 0 Å². The van der Waals surface area contributed by atoms with E-state index in [1.54, 1.807) is 16.1 Å². The Balaban J connectivity index is 2.00. The zero-order valence-electron chi connectivity index (χ0n) is 21.2. The van der Waals surface area contributed by atoms with Crippen molar-refractivity contribution in [1.82, 2.24) is 8.69 Å². The lowest BCUT2D eigenvalue weighted by atomic mass is 9.85. The van der Waals surface area contributed by atoms with E-state index in [1.165, 1.54) is 0 Å². The summed E-state index contributed by atoms with van der Waals surface area (Å²) in [4.78, 5) is 0.283. The van der Waals surface area contributed by atoms with E-state index >= 15 is 0 Å². The molecule has 3 aromatic rings. The molecule has 184 valence electrons. The molecule has 0 fully saturated rings. The molecule has 0 radical (unpaired) electrons. The maximum absolute atomic E-state index is 13.9. The standard InChI is InChI=1S/C27H36N2O3S2/c1-18-11-14-20(15-12-18)34(31,32)29-23-16-13-19(26(2,3)4)17-21(23)25-22(9-8-10-24(25)29)28-33(30)27(5,6)7/h11-17,22,28H,8-10H2,1-7H3/t22-,33-/m1/s1. The van der Waals surface area contributed by atoms with E-state index in [0.29, 0.717) is 11.9 Å². The SMILES string of the molecule is Cc1ccc(S(=O)(=O)n2c3c(c4cc(C(C)(C)C)ccc42)[C@H](N[S@](=O)C(C)(C)C)CCC3)cc1. The first-order valence-corrected chi connectivity index (χ1v) is 14.5. The minimum Gasteiger partial charge on any atom is -0.242 e. The van der Waals surface area contributed by atoms with Gasteiger partial charge in [-0.25, -0.2) is 21.3 Å². The normalized spacial score (nSPS) is 18.1. The van der Waals surface area contributed by atoms with E-state index in [1.807, 2.05) is 52.0 Å². The molecule has 0 saturated carbocycles. The first-order chi connectivity index (χ1) is 15.7. The van der Waals surface area contributed by atoms with Crippen LogP contribution in [0.5, 0.6) is 0 Å². The van der Waals surface area contributed by atoms with Crippen LogP contribution in [-0.2, 0) is 32.8 Å². The zero-order chi connectivity index (χ0) is 25.1. The molecule has 2 atom stereocenters. The highest BCUT2D eigenvalue weighted by atomic mass is 32.2. The molecule has 0 aliphatic heterocycles. The first kappa shape index (κ1) is 25.1. The molecular weight excluding hydrogens is 464 g/mol. The van der Waals surface area contributed by atoms with Gasteiger partial charge in [0.1, 0.15) is 0 Å². The molecule has 1 aliphatic rings. The fraction of sp³-hybridized carbons (Fsp3) is 0.481. The van der Waals surface area contributed by atoms with E-state index in [-0.39, 0.29) is 16.4 Å². The topological polar surface area (TPSA) is 68.2 Å². The van der Waals surface area contributed by atoms with Crippen molar-refractivity contribution >= 4 is 31.9 Å². The monoisotopic (exact) mass is 500 g/mol. The molecule has 1 N–H and O–H groups in total. The van der Waals surface area contributed by atoms with Crippen LogP contribution in [0.25, 0.3) is 10.9 Å². The van der Waals surface area contributed by atoms with E-state index in [2.05, 4.69) is 31.6 Å². The average molecular weight is 501 g/mol. The van der Waals surface area contributed by atoms with Gasteiger partial charge in [-0.2, -0.15) is 0 Å². The van der Waals surface area contributed by atoms with Crippen molar-refractivity contribution in [3.05, 3.63) is 64.8 Å². The van der Waals surface area contributed by atoms with Crippen LogP contribution in [0.3, 0.4) is 0 Å². The second-order valence-electron chi connectivity index (χ2n) is 11.4. The van der Waals surface area contributed by atoms with Gasteiger partial charge >= 0.3 is 0 Å². The predicted octanol–water partition coefficient (Wildman–Crippen LogP) is 5.91.